The first-order valence-electron chi connectivity index (χ1n) is 5.97. The van der Waals surface area contributed by atoms with Gasteiger partial charge in [0.2, 0.25) is 5.78 Å². The van der Waals surface area contributed by atoms with E-state index in [-0.39, 0.29) is 5.78 Å². The van der Waals surface area contributed by atoms with Crippen molar-refractivity contribution in [3.63, 3.8) is 0 Å². The maximum Gasteiger partial charge on any atom is 0.238 e. The number of carbonyl (C=O) groups is 1. The normalized spacial score (nSPS) is 13.9. The zero-order valence-corrected chi connectivity index (χ0v) is 10.6. The lowest BCUT2D eigenvalue weighted by Gasteiger charge is -2.01. The fraction of sp³-hybridized carbons (Fsp3) is 0.385. The van der Waals surface area contributed by atoms with Crippen LogP contribution in [0.1, 0.15) is 39.3 Å². The van der Waals surface area contributed by atoms with Gasteiger partial charge in [-0.3, -0.25) is 4.79 Å². The minimum absolute atomic E-state index is 0.0660. The molecule has 4 heteroatoms. The van der Waals surface area contributed by atoms with E-state index in [4.69, 9.17) is 0 Å². The van der Waals surface area contributed by atoms with Gasteiger partial charge in [0, 0.05) is 23.8 Å². The standard InChI is InChI=1S/C13H14N2OS/c1-2-15-7-6-14-13(15)12(16)11-8-9-4-3-5-10(9)17-11/h6-8H,2-5H2,1H3. The number of thiophene rings is 1. The van der Waals surface area contributed by atoms with Crippen LogP contribution in [-0.2, 0) is 19.4 Å². The number of hydrogen-bond donors (Lipinski definition) is 0. The summed E-state index contributed by atoms with van der Waals surface area (Å²) in [5.74, 6) is 0.628. The molecule has 88 valence electrons. The van der Waals surface area contributed by atoms with E-state index in [1.165, 1.54) is 16.9 Å². The van der Waals surface area contributed by atoms with E-state index in [0.29, 0.717) is 5.82 Å². The summed E-state index contributed by atoms with van der Waals surface area (Å²) in [6.07, 6.45) is 7.04. The summed E-state index contributed by atoms with van der Waals surface area (Å²) in [5, 5.41) is 0. The highest BCUT2D eigenvalue weighted by atomic mass is 32.1. The molecule has 0 fully saturated rings. The molecule has 3 nitrogen and oxygen atoms in total. The fourth-order valence-electron chi connectivity index (χ4n) is 2.32. The summed E-state index contributed by atoms with van der Waals surface area (Å²) < 4.78 is 1.90. The molecule has 0 atom stereocenters. The Morgan fingerprint density at radius 2 is 2.41 bits per heavy atom. The molecule has 2 aromatic rings. The van der Waals surface area contributed by atoms with Crippen molar-refractivity contribution in [1.29, 1.82) is 0 Å². The van der Waals surface area contributed by atoms with E-state index in [1.807, 2.05) is 17.7 Å². The maximum absolute atomic E-state index is 12.3. The van der Waals surface area contributed by atoms with Crippen LogP contribution in [0.15, 0.2) is 18.5 Å². The van der Waals surface area contributed by atoms with Gasteiger partial charge in [0.15, 0.2) is 5.82 Å². The third-order valence-corrected chi connectivity index (χ3v) is 4.47. The average Bonchev–Trinajstić information content (AvgIpc) is 3.02. The van der Waals surface area contributed by atoms with Gasteiger partial charge in [0.1, 0.15) is 0 Å². The first-order valence-corrected chi connectivity index (χ1v) is 6.78. The highest BCUT2D eigenvalue weighted by molar-refractivity contribution is 7.14. The van der Waals surface area contributed by atoms with Crippen molar-refractivity contribution in [2.24, 2.45) is 0 Å². The van der Waals surface area contributed by atoms with Crippen LogP contribution in [0.5, 0.6) is 0 Å². The molecular formula is C13H14N2OS. The third-order valence-electron chi connectivity index (χ3n) is 3.23. The van der Waals surface area contributed by atoms with Gasteiger partial charge in [0.05, 0.1) is 4.88 Å². The Morgan fingerprint density at radius 1 is 1.53 bits per heavy atom. The van der Waals surface area contributed by atoms with Crippen LogP contribution in [0, 0.1) is 0 Å². The fourth-order valence-corrected chi connectivity index (χ4v) is 3.51. The number of rotatable bonds is 3. The number of aryl methyl sites for hydroxylation is 3. The second kappa shape index (κ2) is 4.11. The number of fused-ring (bicyclic) bond motifs is 1. The number of imidazole rings is 1. The zero-order chi connectivity index (χ0) is 11.8. The Labute approximate surface area is 104 Å². The molecule has 0 spiro atoms. The van der Waals surface area contributed by atoms with Crippen molar-refractivity contribution in [3.8, 4) is 0 Å². The summed E-state index contributed by atoms with van der Waals surface area (Å²) in [5.41, 5.74) is 1.37. The maximum atomic E-state index is 12.3. The summed E-state index contributed by atoms with van der Waals surface area (Å²) in [6.45, 7) is 2.80. The summed E-state index contributed by atoms with van der Waals surface area (Å²) in [7, 11) is 0. The van der Waals surface area contributed by atoms with E-state index < -0.39 is 0 Å². The largest absolute Gasteiger partial charge is 0.328 e. The van der Waals surface area contributed by atoms with Crippen LogP contribution < -0.4 is 0 Å². The van der Waals surface area contributed by atoms with Crippen molar-refractivity contribution in [3.05, 3.63) is 39.6 Å². The predicted molar refractivity (Wildman–Crippen MR) is 67.7 cm³/mol. The SMILES string of the molecule is CCn1ccnc1C(=O)c1cc2c(s1)CCC2. The summed E-state index contributed by atoms with van der Waals surface area (Å²) >= 11 is 1.64. The molecule has 2 heterocycles. The third kappa shape index (κ3) is 1.72. The van der Waals surface area contributed by atoms with E-state index in [0.717, 1.165) is 24.3 Å². The van der Waals surface area contributed by atoms with E-state index >= 15 is 0 Å². The van der Waals surface area contributed by atoms with Crippen LogP contribution in [0.2, 0.25) is 0 Å². The van der Waals surface area contributed by atoms with Crippen molar-refractivity contribution >= 4 is 17.1 Å². The topological polar surface area (TPSA) is 34.9 Å². The van der Waals surface area contributed by atoms with Crippen LogP contribution in [0.25, 0.3) is 0 Å². The number of carbonyl (C=O) groups excluding carboxylic acids is 1. The molecule has 3 rings (SSSR count). The van der Waals surface area contributed by atoms with E-state index in [9.17, 15) is 4.79 Å². The lowest BCUT2D eigenvalue weighted by molar-refractivity contribution is 0.102. The lowest BCUT2D eigenvalue weighted by Crippen LogP contribution is -2.09. The van der Waals surface area contributed by atoms with Gasteiger partial charge in [-0.25, -0.2) is 4.98 Å². The zero-order valence-electron chi connectivity index (χ0n) is 9.77. The molecule has 0 aliphatic heterocycles. The molecule has 0 saturated heterocycles. The minimum atomic E-state index is 0.0660. The molecule has 2 aromatic heterocycles. The van der Waals surface area contributed by atoms with Crippen LogP contribution in [0.3, 0.4) is 0 Å². The van der Waals surface area contributed by atoms with Gasteiger partial charge in [-0.1, -0.05) is 0 Å². The van der Waals surface area contributed by atoms with E-state index in [1.54, 1.807) is 17.5 Å². The van der Waals surface area contributed by atoms with Gasteiger partial charge in [-0.05, 0) is 37.8 Å². The molecule has 0 saturated carbocycles. The monoisotopic (exact) mass is 246 g/mol. The van der Waals surface area contributed by atoms with E-state index in [2.05, 4.69) is 11.1 Å². The first kappa shape index (κ1) is 10.7. The van der Waals surface area contributed by atoms with Crippen molar-refractivity contribution in [2.45, 2.75) is 32.7 Å². The molecular weight excluding hydrogens is 232 g/mol. The predicted octanol–water partition coefficient (Wildman–Crippen LogP) is 2.68. The second-order valence-corrected chi connectivity index (χ2v) is 5.42. The van der Waals surface area contributed by atoms with Gasteiger partial charge in [0.25, 0.3) is 0 Å². The smallest absolute Gasteiger partial charge is 0.238 e. The summed E-state index contributed by atoms with van der Waals surface area (Å²) in [6, 6.07) is 2.06. The Bertz CT molecular complexity index is 546. The molecule has 1 aliphatic rings. The highest BCUT2D eigenvalue weighted by Gasteiger charge is 2.21. The number of hydrogen-bond acceptors (Lipinski definition) is 3. The van der Waals surface area contributed by atoms with Gasteiger partial charge >= 0.3 is 0 Å². The van der Waals surface area contributed by atoms with Gasteiger partial charge < -0.3 is 4.57 Å². The average molecular weight is 246 g/mol. The Hall–Kier alpha value is -1.42. The van der Waals surface area contributed by atoms with Crippen molar-refractivity contribution in [1.82, 2.24) is 9.55 Å². The second-order valence-electron chi connectivity index (χ2n) is 4.28. The Morgan fingerprint density at radius 3 is 3.18 bits per heavy atom. The van der Waals surface area contributed by atoms with Crippen molar-refractivity contribution in [2.75, 3.05) is 0 Å². The highest BCUT2D eigenvalue weighted by Crippen LogP contribution is 2.31. The molecule has 1 aliphatic carbocycles. The molecule has 0 unspecified atom stereocenters. The number of ketones is 1. The molecule has 0 bridgehead atoms. The molecule has 0 N–H and O–H groups in total. The minimum Gasteiger partial charge on any atom is -0.328 e. The van der Waals surface area contributed by atoms with Crippen LogP contribution >= 0.6 is 11.3 Å². The Balaban J connectivity index is 1.96. The number of aromatic nitrogens is 2. The molecule has 17 heavy (non-hydrogen) atoms. The summed E-state index contributed by atoms with van der Waals surface area (Å²) in [4.78, 5) is 18.7. The molecule has 0 aromatic carbocycles. The quantitative estimate of drug-likeness (QED) is 0.780. The van der Waals surface area contributed by atoms with Gasteiger partial charge in [-0.2, -0.15) is 0 Å². The van der Waals surface area contributed by atoms with Gasteiger partial charge in [-0.15, -0.1) is 11.3 Å². The van der Waals surface area contributed by atoms with Crippen LogP contribution in [0.4, 0.5) is 0 Å². The number of nitrogens with zero attached hydrogens (tertiary/aromatic N) is 2. The molecule has 0 radical (unpaired) electrons. The first-order chi connectivity index (χ1) is 8.29. The van der Waals surface area contributed by atoms with Crippen molar-refractivity contribution < 1.29 is 4.79 Å². The van der Waals surface area contributed by atoms with Crippen LogP contribution in [-0.4, -0.2) is 15.3 Å². The molecule has 0 amide bonds. The lowest BCUT2D eigenvalue weighted by atomic mass is 10.2. The Kier molecular flexibility index (Phi) is 2.59.